The number of carboxylic acids is 1. The second-order valence-corrected chi connectivity index (χ2v) is 4.28. The van der Waals surface area contributed by atoms with Gasteiger partial charge in [-0.1, -0.05) is 6.42 Å². The lowest BCUT2D eigenvalue weighted by atomic mass is 9.91. The first-order valence-electron chi connectivity index (χ1n) is 4.62. The largest absolute Gasteiger partial charge is 0.480 e. The SMILES string of the molecule is C[C@@]12CCC[C@@H]1CC(C(=O)O)N2. The molecule has 1 saturated carbocycles. The Balaban J connectivity index is 2.11. The fourth-order valence-electron chi connectivity index (χ4n) is 2.71. The lowest BCUT2D eigenvalue weighted by Gasteiger charge is -2.24. The maximum atomic E-state index is 10.7. The number of rotatable bonds is 1. The Morgan fingerprint density at radius 2 is 2.42 bits per heavy atom. The second-order valence-electron chi connectivity index (χ2n) is 4.28. The van der Waals surface area contributed by atoms with Crippen LogP contribution < -0.4 is 5.32 Å². The molecule has 3 heteroatoms. The highest BCUT2D eigenvalue weighted by atomic mass is 16.4. The molecule has 12 heavy (non-hydrogen) atoms. The van der Waals surface area contributed by atoms with E-state index in [0.717, 1.165) is 12.8 Å². The zero-order valence-electron chi connectivity index (χ0n) is 7.34. The molecule has 68 valence electrons. The van der Waals surface area contributed by atoms with Crippen LogP contribution in [0.1, 0.15) is 32.6 Å². The van der Waals surface area contributed by atoms with Gasteiger partial charge in [-0.15, -0.1) is 0 Å². The number of carboxylic acid groups (broad SMARTS) is 1. The van der Waals surface area contributed by atoms with Crippen molar-refractivity contribution in [2.24, 2.45) is 5.92 Å². The molecule has 2 fully saturated rings. The average molecular weight is 169 g/mol. The van der Waals surface area contributed by atoms with E-state index in [1.54, 1.807) is 0 Å². The van der Waals surface area contributed by atoms with E-state index in [9.17, 15) is 4.79 Å². The number of fused-ring (bicyclic) bond motifs is 1. The maximum Gasteiger partial charge on any atom is 0.320 e. The molecule has 3 atom stereocenters. The summed E-state index contributed by atoms with van der Waals surface area (Å²) >= 11 is 0. The molecule has 1 aliphatic heterocycles. The zero-order chi connectivity index (χ0) is 8.77. The van der Waals surface area contributed by atoms with Gasteiger partial charge in [-0.05, 0) is 32.1 Å². The molecule has 1 heterocycles. The van der Waals surface area contributed by atoms with Gasteiger partial charge in [0.1, 0.15) is 6.04 Å². The van der Waals surface area contributed by atoms with Crippen LogP contribution in [0.3, 0.4) is 0 Å². The number of carbonyl (C=O) groups is 1. The van der Waals surface area contributed by atoms with Crippen molar-refractivity contribution in [1.29, 1.82) is 0 Å². The average Bonchev–Trinajstić information content (AvgIpc) is 2.41. The minimum absolute atomic E-state index is 0.128. The highest BCUT2D eigenvalue weighted by Gasteiger charge is 2.48. The highest BCUT2D eigenvalue weighted by Crippen LogP contribution is 2.43. The van der Waals surface area contributed by atoms with Crippen molar-refractivity contribution in [1.82, 2.24) is 5.32 Å². The third kappa shape index (κ3) is 1.04. The summed E-state index contributed by atoms with van der Waals surface area (Å²) in [4.78, 5) is 10.7. The van der Waals surface area contributed by atoms with Gasteiger partial charge in [0.15, 0.2) is 0 Å². The van der Waals surface area contributed by atoms with Gasteiger partial charge in [-0.25, -0.2) is 0 Å². The van der Waals surface area contributed by atoms with Crippen LogP contribution >= 0.6 is 0 Å². The summed E-state index contributed by atoms with van der Waals surface area (Å²) in [7, 11) is 0. The Kier molecular flexibility index (Phi) is 1.65. The topological polar surface area (TPSA) is 49.3 Å². The smallest absolute Gasteiger partial charge is 0.320 e. The van der Waals surface area contributed by atoms with E-state index >= 15 is 0 Å². The molecule has 2 aliphatic rings. The number of hydrogen-bond donors (Lipinski definition) is 2. The molecule has 0 aromatic heterocycles. The first kappa shape index (κ1) is 8.05. The lowest BCUT2D eigenvalue weighted by molar-refractivity contribution is -0.139. The van der Waals surface area contributed by atoms with Crippen molar-refractivity contribution in [2.45, 2.75) is 44.2 Å². The van der Waals surface area contributed by atoms with E-state index in [1.807, 2.05) is 0 Å². The Labute approximate surface area is 72.2 Å². The van der Waals surface area contributed by atoms with Gasteiger partial charge in [0.2, 0.25) is 0 Å². The minimum Gasteiger partial charge on any atom is -0.480 e. The molecule has 0 aromatic carbocycles. The van der Waals surface area contributed by atoms with E-state index in [0.29, 0.717) is 5.92 Å². The van der Waals surface area contributed by atoms with Crippen molar-refractivity contribution in [3.8, 4) is 0 Å². The molecule has 1 saturated heterocycles. The Hall–Kier alpha value is -0.570. The molecule has 0 aromatic rings. The van der Waals surface area contributed by atoms with E-state index in [4.69, 9.17) is 5.11 Å². The molecule has 0 spiro atoms. The third-order valence-electron chi connectivity index (χ3n) is 3.47. The van der Waals surface area contributed by atoms with Crippen molar-refractivity contribution in [3.63, 3.8) is 0 Å². The van der Waals surface area contributed by atoms with Crippen LogP contribution in [0.5, 0.6) is 0 Å². The normalized spacial score (nSPS) is 46.1. The van der Waals surface area contributed by atoms with Gasteiger partial charge in [0.05, 0.1) is 0 Å². The van der Waals surface area contributed by atoms with Crippen molar-refractivity contribution in [2.75, 3.05) is 0 Å². The maximum absolute atomic E-state index is 10.7. The third-order valence-corrected chi connectivity index (χ3v) is 3.47. The van der Waals surface area contributed by atoms with E-state index < -0.39 is 5.97 Å². The summed E-state index contributed by atoms with van der Waals surface area (Å²) in [5.41, 5.74) is 0.128. The minimum atomic E-state index is -0.689. The number of aliphatic carboxylic acids is 1. The second kappa shape index (κ2) is 2.46. The van der Waals surface area contributed by atoms with Gasteiger partial charge < -0.3 is 5.11 Å². The predicted octanol–water partition coefficient (Wildman–Crippen LogP) is 0.992. The van der Waals surface area contributed by atoms with Gasteiger partial charge in [-0.3, -0.25) is 10.1 Å². The van der Waals surface area contributed by atoms with Gasteiger partial charge in [0.25, 0.3) is 0 Å². The van der Waals surface area contributed by atoms with Crippen LogP contribution in [0.15, 0.2) is 0 Å². The molecule has 2 N–H and O–H groups in total. The van der Waals surface area contributed by atoms with Crippen LogP contribution in [-0.4, -0.2) is 22.7 Å². The molecule has 1 unspecified atom stereocenters. The van der Waals surface area contributed by atoms with Crippen LogP contribution in [0, 0.1) is 5.92 Å². The Bertz CT molecular complexity index is 217. The van der Waals surface area contributed by atoms with Crippen molar-refractivity contribution in [3.05, 3.63) is 0 Å². The first-order chi connectivity index (χ1) is 5.62. The van der Waals surface area contributed by atoms with Crippen molar-refractivity contribution >= 4 is 5.97 Å². The summed E-state index contributed by atoms with van der Waals surface area (Å²) < 4.78 is 0. The van der Waals surface area contributed by atoms with Crippen LogP contribution in [0.25, 0.3) is 0 Å². The van der Waals surface area contributed by atoms with Crippen LogP contribution in [-0.2, 0) is 4.79 Å². The highest BCUT2D eigenvalue weighted by molar-refractivity contribution is 5.74. The summed E-state index contributed by atoms with van der Waals surface area (Å²) in [5.74, 6) is -0.0933. The predicted molar refractivity (Wildman–Crippen MR) is 44.9 cm³/mol. The summed E-state index contributed by atoms with van der Waals surface area (Å²) in [6.07, 6.45) is 4.42. The van der Waals surface area contributed by atoms with Gasteiger partial charge in [0, 0.05) is 5.54 Å². The van der Waals surface area contributed by atoms with Gasteiger partial charge in [-0.2, -0.15) is 0 Å². The number of nitrogens with one attached hydrogen (secondary N) is 1. The quantitative estimate of drug-likeness (QED) is 0.615. The standard InChI is InChI=1S/C9H15NO2/c1-9-4-2-3-6(9)5-7(10-9)8(11)12/h6-7,10H,2-5H2,1H3,(H,11,12)/t6-,7?,9-/m1/s1. The van der Waals surface area contributed by atoms with Crippen LogP contribution in [0.4, 0.5) is 0 Å². The molecule has 0 bridgehead atoms. The summed E-state index contributed by atoms with van der Waals surface area (Å²) in [6, 6.07) is -0.291. The molecular weight excluding hydrogens is 154 g/mol. The molecule has 1 aliphatic carbocycles. The first-order valence-corrected chi connectivity index (χ1v) is 4.62. The summed E-state index contributed by atoms with van der Waals surface area (Å²) in [6.45, 7) is 2.16. The zero-order valence-corrected chi connectivity index (χ0v) is 7.34. The van der Waals surface area contributed by atoms with Crippen molar-refractivity contribution < 1.29 is 9.90 Å². The van der Waals surface area contributed by atoms with E-state index in [-0.39, 0.29) is 11.6 Å². The molecule has 0 radical (unpaired) electrons. The van der Waals surface area contributed by atoms with E-state index in [2.05, 4.69) is 12.2 Å². The molecule has 3 nitrogen and oxygen atoms in total. The summed E-state index contributed by atoms with van der Waals surface area (Å²) in [5, 5.41) is 12.0. The van der Waals surface area contributed by atoms with E-state index in [1.165, 1.54) is 12.8 Å². The number of hydrogen-bond acceptors (Lipinski definition) is 2. The monoisotopic (exact) mass is 169 g/mol. The van der Waals surface area contributed by atoms with Crippen LogP contribution in [0.2, 0.25) is 0 Å². The molecule has 2 rings (SSSR count). The fraction of sp³-hybridized carbons (Fsp3) is 0.889. The molecular formula is C9H15NO2. The molecule has 0 amide bonds. The Morgan fingerprint density at radius 1 is 1.67 bits per heavy atom. The lowest BCUT2D eigenvalue weighted by Crippen LogP contribution is -2.43. The van der Waals surface area contributed by atoms with Gasteiger partial charge >= 0.3 is 5.97 Å². The Morgan fingerprint density at radius 3 is 3.00 bits per heavy atom. The fourth-order valence-corrected chi connectivity index (χ4v) is 2.71.